The average molecular weight is 468 g/mol. The number of nitrogens with zero attached hydrogens (tertiary/aromatic N) is 5. The van der Waals surface area contributed by atoms with E-state index in [2.05, 4.69) is 19.9 Å². The predicted octanol–water partition coefficient (Wildman–Crippen LogP) is 3.64. The topological polar surface area (TPSA) is 87.0 Å². The van der Waals surface area contributed by atoms with Gasteiger partial charge in [0.05, 0.1) is 21.8 Å². The Bertz CT molecular complexity index is 902. The molecular weight excluding hydrogens is 440 g/mol. The Balaban J connectivity index is 1.90. The molecule has 2 heterocycles. The van der Waals surface area contributed by atoms with Crippen LogP contribution in [0.1, 0.15) is 32.4 Å². The number of halogens is 3. The average Bonchev–Trinajstić information content (AvgIpc) is 2.72. The second-order valence-electron chi connectivity index (χ2n) is 8.46. The van der Waals surface area contributed by atoms with Gasteiger partial charge in [0.2, 0.25) is 0 Å². The zero-order valence-electron chi connectivity index (χ0n) is 17.9. The summed E-state index contributed by atoms with van der Waals surface area (Å²) in [4.78, 5) is 8.38. The summed E-state index contributed by atoms with van der Waals surface area (Å²) < 4.78 is 13.6. The van der Waals surface area contributed by atoms with Gasteiger partial charge in [-0.1, -0.05) is 35.3 Å². The van der Waals surface area contributed by atoms with Crippen molar-refractivity contribution in [1.82, 2.24) is 14.9 Å². The second kappa shape index (κ2) is 9.56. The molecule has 31 heavy (non-hydrogen) atoms. The summed E-state index contributed by atoms with van der Waals surface area (Å²) in [5.74, 6) is 12.4. The van der Waals surface area contributed by atoms with Crippen LogP contribution in [0.3, 0.4) is 0 Å². The number of hydrazone groups is 1. The standard InChI is InChI=1S/C21H28Cl2FN7/c1-21(2,3)31(26)20(28-25)18(14-4-6-15(24)7-5-14)29-8-10-30(11-9-29)19-16(22)12-27-13-17(19)23/h4-7,12-13,18H,8-11,25-26H2,1-3H3/b28-20-. The highest BCUT2D eigenvalue weighted by Gasteiger charge is 2.35. The lowest BCUT2D eigenvalue weighted by Crippen LogP contribution is -2.57. The molecule has 0 radical (unpaired) electrons. The fourth-order valence-corrected chi connectivity index (χ4v) is 4.29. The van der Waals surface area contributed by atoms with Crippen LogP contribution in [0.5, 0.6) is 0 Å². The summed E-state index contributed by atoms with van der Waals surface area (Å²) in [6.45, 7) is 8.64. The van der Waals surface area contributed by atoms with Crippen molar-refractivity contribution in [2.75, 3.05) is 31.1 Å². The van der Waals surface area contributed by atoms with Crippen molar-refractivity contribution < 1.29 is 4.39 Å². The molecule has 0 spiro atoms. The van der Waals surface area contributed by atoms with Gasteiger partial charge in [-0.05, 0) is 38.5 Å². The van der Waals surface area contributed by atoms with Crippen LogP contribution in [0, 0.1) is 5.82 Å². The molecule has 2 aromatic rings. The molecule has 4 N–H and O–H groups in total. The lowest BCUT2D eigenvalue weighted by Gasteiger charge is -2.44. The highest BCUT2D eigenvalue weighted by Crippen LogP contribution is 2.34. The Labute approximate surface area is 192 Å². The molecule has 10 heteroatoms. The van der Waals surface area contributed by atoms with Gasteiger partial charge in [-0.3, -0.25) is 14.9 Å². The van der Waals surface area contributed by atoms with E-state index in [4.69, 9.17) is 34.9 Å². The SMILES string of the molecule is CC(C)(C)N(N)/C(=N\N)C(c1ccc(F)cc1)N1CCN(c2c(Cl)cncc2Cl)CC1. The minimum Gasteiger partial charge on any atom is -0.366 e. The number of rotatable bonds is 4. The first-order valence-electron chi connectivity index (χ1n) is 9.99. The molecule has 1 aromatic heterocycles. The van der Waals surface area contributed by atoms with Crippen LogP contribution in [-0.4, -0.2) is 52.4 Å². The van der Waals surface area contributed by atoms with E-state index in [0.29, 0.717) is 42.1 Å². The number of nitrogens with two attached hydrogens (primary N) is 2. The molecule has 3 rings (SSSR count). The molecule has 1 aromatic carbocycles. The number of amidine groups is 1. The maximum Gasteiger partial charge on any atom is 0.161 e. The zero-order valence-corrected chi connectivity index (χ0v) is 19.4. The van der Waals surface area contributed by atoms with Crippen molar-refractivity contribution in [1.29, 1.82) is 0 Å². The first kappa shape index (κ1) is 23.5. The summed E-state index contributed by atoms with van der Waals surface area (Å²) >= 11 is 12.7. The number of aromatic nitrogens is 1. The van der Waals surface area contributed by atoms with Gasteiger partial charge in [0, 0.05) is 44.1 Å². The fraction of sp³-hybridized carbons (Fsp3) is 0.429. The van der Waals surface area contributed by atoms with Gasteiger partial charge < -0.3 is 10.7 Å². The van der Waals surface area contributed by atoms with Crippen LogP contribution in [0.15, 0.2) is 41.8 Å². The number of hydrazine groups is 1. The zero-order chi connectivity index (χ0) is 22.8. The molecular formula is C21H28Cl2FN7. The normalized spacial score (nSPS) is 17.0. The Morgan fingerprint density at radius 2 is 1.65 bits per heavy atom. The number of benzene rings is 1. The molecule has 0 saturated carbocycles. The van der Waals surface area contributed by atoms with Crippen molar-refractivity contribution in [3.63, 3.8) is 0 Å². The second-order valence-corrected chi connectivity index (χ2v) is 9.27. The number of hydrogen-bond donors (Lipinski definition) is 2. The molecule has 1 saturated heterocycles. The van der Waals surface area contributed by atoms with Gasteiger partial charge in [-0.25, -0.2) is 10.2 Å². The molecule has 168 valence electrons. The third-order valence-electron chi connectivity index (χ3n) is 5.36. The summed E-state index contributed by atoms with van der Waals surface area (Å²) in [7, 11) is 0. The molecule has 1 unspecified atom stereocenters. The maximum absolute atomic E-state index is 13.6. The summed E-state index contributed by atoms with van der Waals surface area (Å²) in [6.07, 6.45) is 3.18. The van der Waals surface area contributed by atoms with Gasteiger partial charge in [0.25, 0.3) is 0 Å². The quantitative estimate of drug-likeness (QED) is 0.309. The Morgan fingerprint density at radius 3 is 2.13 bits per heavy atom. The van der Waals surface area contributed by atoms with E-state index in [1.54, 1.807) is 29.5 Å². The van der Waals surface area contributed by atoms with E-state index in [-0.39, 0.29) is 11.9 Å². The van der Waals surface area contributed by atoms with Crippen molar-refractivity contribution >= 4 is 34.7 Å². The minimum absolute atomic E-state index is 0.305. The van der Waals surface area contributed by atoms with Crippen LogP contribution in [-0.2, 0) is 0 Å². The number of pyridine rings is 1. The monoisotopic (exact) mass is 467 g/mol. The molecule has 1 aliphatic heterocycles. The number of hydrogen-bond acceptors (Lipinski definition) is 6. The van der Waals surface area contributed by atoms with E-state index in [0.717, 1.165) is 11.3 Å². The van der Waals surface area contributed by atoms with E-state index in [1.807, 2.05) is 20.8 Å². The van der Waals surface area contributed by atoms with E-state index < -0.39 is 5.54 Å². The van der Waals surface area contributed by atoms with Crippen LogP contribution < -0.4 is 16.6 Å². The molecule has 1 aliphatic rings. The summed E-state index contributed by atoms with van der Waals surface area (Å²) in [5.41, 5.74) is 1.23. The molecule has 7 nitrogen and oxygen atoms in total. The first-order chi connectivity index (χ1) is 14.6. The van der Waals surface area contributed by atoms with Gasteiger partial charge in [0.1, 0.15) is 5.82 Å². The lowest BCUT2D eigenvalue weighted by molar-refractivity contribution is 0.183. The fourth-order valence-electron chi connectivity index (χ4n) is 3.69. The van der Waals surface area contributed by atoms with Crippen LogP contribution >= 0.6 is 23.2 Å². The number of anilines is 1. The van der Waals surface area contributed by atoms with Crippen molar-refractivity contribution in [2.45, 2.75) is 32.4 Å². The lowest BCUT2D eigenvalue weighted by atomic mass is 9.99. The molecule has 0 amide bonds. The van der Waals surface area contributed by atoms with Crippen LogP contribution in [0.25, 0.3) is 0 Å². The van der Waals surface area contributed by atoms with Crippen molar-refractivity contribution in [2.24, 2.45) is 16.8 Å². The minimum atomic E-state index is -0.406. The van der Waals surface area contributed by atoms with Gasteiger partial charge in [-0.2, -0.15) is 5.10 Å². The largest absolute Gasteiger partial charge is 0.366 e. The third-order valence-corrected chi connectivity index (χ3v) is 5.91. The van der Waals surface area contributed by atoms with Gasteiger partial charge >= 0.3 is 0 Å². The van der Waals surface area contributed by atoms with Gasteiger partial charge in [0.15, 0.2) is 5.84 Å². The summed E-state index contributed by atoms with van der Waals surface area (Å²) in [5, 5.41) is 6.66. The molecule has 0 aliphatic carbocycles. The third kappa shape index (κ3) is 5.20. The van der Waals surface area contributed by atoms with E-state index in [9.17, 15) is 4.39 Å². The smallest absolute Gasteiger partial charge is 0.161 e. The Kier molecular flexibility index (Phi) is 7.26. The molecule has 0 bridgehead atoms. The maximum atomic E-state index is 13.6. The molecule has 1 atom stereocenters. The van der Waals surface area contributed by atoms with Crippen molar-refractivity contribution in [3.05, 3.63) is 58.1 Å². The Hall–Kier alpha value is -2.13. The first-order valence-corrected chi connectivity index (χ1v) is 10.7. The van der Waals surface area contributed by atoms with Crippen molar-refractivity contribution in [3.8, 4) is 0 Å². The predicted molar refractivity (Wildman–Crippen MR) is 125 cm³/mol. The van der Waals surface area contributed by atoms with E-state index in [1.165, 1.54) is 12.1 Å². The summed E-state index contributed by atoms with van der Waals surface area (Å²) in [6, 6.07) is 6.01. The highest BCUT2D eigenvalue weighted by atomic mass is 35.5. The molecule has 1 fully saturated rings. The van der Waals surface area contributed by atoms with E-state index >= 15 is 0 Å². The van der Waals surface area contributed by atoms with Crippen LogP contribution in [0.4, 0.5) is 10.1 Å². The highest BCUT2D eigenvalue weighted by molar-refractivity contribution is 6.38. The number of piperazine rings is 1. The van der Waals surface area contributed by atoms with Gasteiger partial charge in [-0.15, -0.1) is 0 Å². The van der Waals surface area contributed by atoms with Crippen LogP contribution in [0.2, 0.25) is 10.0 Å². The Morgan fingerprint density at radius 1 is 1.10 bits per heavy atom.